The van der Waals surface area contributed by atoms with Gasteiger partial charge in [0.2, 0.25) is 5.78 Å². The molecule has 134 valence electrons. The van der Waals surface area contributed by atoms with Gasteiger partial charge in [0.05, 0.1) is 0 Å². The quantitative estimate of drug-likeness (QED) is 0.767. The first-order valence-electron chi connectivity index (χ1n) is 9.06. The fourth-order valence-electron chi connectivity index (χ4n) is 3.69. The van der Waals surface area contributed by atoms with Crippen LogP contribution in [0, 0.1) is 6.92 Å². The number of aromatic nitrogens is 3. The van der Waals surface area contributed by atoms with Gasteiger partial charge in [0.25, 0.3) is 5.91 Å². The van der Waals surface area contributed by atoms with Crippen molar-refractivity contribution in [2.75, 3.05) is 26.2 Å². The Hall–Kier alpha value is -2.73. The normalized spacial score (nSPS) is 17.7. The molecule has 1 aromatic carbocycles. The van der Waals surface area contributed by atoms with E-state index in [2.05, 4.69) is 51.4 Å². The minimum atomic E-state index is -0.148. The first kappa shape index (κ1) is 16.7. The van der Waals surface area contributed by atoms with E-state index in [1.807, 2.05) is 12.3 Å². The van der Waals surface area contributed by atoms with E-state index in [4.69, 9.17) is 0 Å². The van der Waals surface area contributed by atoms with Crippen LogP contribution in [-0.4, -0.2) is 51.4 Å². The number of rotatable bonds is 5. The third-order valence-corrected chi connectivity index (χ3v) is 5.08. The van der Waals surface area contributed by atoms with Gasteiger partial charge in [-0.15, -0.1) is 0 Å². The summed E-state index contributed by atoms with van der Waals surface area (Å²) in [6.07, 6.45) is 6.39. The number of imidazole rings is 1. The Morgan fingerprint density at radius 3 is 3.04 bits per heavy atom. The van der Waals surface area contributed by atoms with E-state index in [-0.39, 0.29) is 5.91 Å². The third-order valence-electron chi connectivity index (χ3n) is 5.08. The fraction of sp³-hybridized carbons (Fsp3) is 0.350. The summed E-state index contributed by atoms with van der Waals surface area (Å²) in [5.74, 6) is 0.986. The van der Waals surface area contributed by atoms with Crippen molar-refractivity contribution in [3.05, 3.63) is 65.7 Å². The summed E-state index contributed by atoms with van der Waals surface area (Å²) in [5.41, 5.74) is 3.23. The zero-order valence-corrected chi connectivity index (χ0v) is 14.9. The van der Waals surface area contributed by atoms with Crippen molar-refractivity contribution in [1.29, 1.82) is 0 Å². The van der Waals surface area contributed by atoms with Gasteiger partial charge >= 0.3 is 0 Å². The molecule has 1 fully saturated rings. The summed E-state index contributed by atoms with van der Waals surface area (Å²) >= 11 is 0. The lowest BCUT2D eigenvalue weighted by Crippen LogP contribution is -2.34. The molecule has 1 amide bonds. The van der Waals surface area contributed by atoms with Crippen molar-refractivity contribution in [3.63, 3.8) is 0 Å². The number of likely N-dealkylation sites (tertiary alicyclic amines) is 1. The summed E-state index contributed by atoms with van der Waals surface area (Å²) in [6.45, 7) is 5.80. The number of amides is 1. The van der Waals surface area contributed by atoms with Gasteiger partial charge in [0, 0.05) is 38.2 Å². The van der Waals surface area contributed by atoms with E-state index < -0.39 is 0 Å². The monoisotopic (exact) mass is 349 g/mol. The van der Waals surface area contributed by atoms with Crippen LogP contribution in [-0.2, 0) is 0 Å². The predicted molar refractivity (Wildman–Crippen MR) is 100 cm³/mol. The van der Waals surface area contributed by atoms with Crippen LogP contribution in [0.5, 0.6) is 0 Å². The number of hydrogen-bond donors (Lipinski definition) is 1. The minimum absolute atomic E-state index is 0.148. The molecule has 0 aliphatic carbocycles. The van der Waals surface area contributed by atoms with Crippen LogP contribution >= 0.6 is 0 Å². The summed E-state index contributed by atoms with van der Waals surface area (Å²) in [5, 5.41) is 2.97. The number of carbonyl (C=O) groups is 1. The molecule has 26 heavy (non-hydrogen) atoms. The van der Waals surface area contributed by atoms with Crippen LogP contribution in [0.3, 0.4) is 0 Å². The number of nitrogens with zero attached hydrogens (tertiary/aromatic N) is 4. The van der Waals surface area contributed by atoms with Crippen LogP contribution in [0.4, 0.5) is 0 Å². The fourth-order valence-corrected chi connectivity index (χ4v) is 3.69. The van der Waals surface area contributed by atoms with Crippen LogP contribution in [0.2, 0.25) is 0 Å². The van der Waals surface area contributed by atoms with E-state index in [1.165, 1.54) is 17.5 Å². The maximum atomic E-state index is 12.3. The number of fused-ring (bicyclic) bond motifs is 1. The average Bonchev–Trinajstić information content (AvgIpc) is 3.29. The molecule has 1 N–H and O–H groups in total. The topological polar surface area (TPSA) is 62.5 Å². The third kappa shape index (κ3) is 3.46. The lowest BCUT2D eigenvalue weighted by molar-refractivity contribution is 0.0945. The van der Waals surface area contributed by atoms with Crippen molar-refractivity contribution >= 4 is 11.7 Å². The number of nitrogens with one attached hydrogen (secondary N) is 1. The van der Waals surface area contributed by atoms with Crippen LogP contribution < -0.4 is 5.32 Å². The van der Waals surface area contributed by atoms with Gasteiger partial charge in [-0.3, -0.25) is 9.20 Å². The zero-order valence-electron chi connectivity index (χ0n) is 14.9. The second-order valence-electron chi connectivity index (χ2n) is 6.85. The molecule has 0 spiro atoms. The summed E-state index contributed by atoms with van der Waals surface area (Å²) < 4.78 is 1.75. The minimum Gasteiger partial charge on any atom is -0.349 e. The molecule has 6 heteroatoms. The standard InChI is InChI=1S/C20H23N5O/c1-15-5-2-3-6-17(15)16-7-11-24(13-16)12-9-21-19(26)18-14-25-10-4-8-22-20(25)23-18/h2-6,8,10,14,16H,7,9,11-13H2,1H3,(H,21,26)/t16-/m0/s1. The maximum Gasteiger partial charge on any atom is 0.271 e. The number of hydrogen-bond acceptors (Lipinski definition) is 4. The Balaban J connectivity index is 1.28. The SMILES string of the molecule is Cc1ccccc1[C@H]1CCN(CCNC(=O)c2cn3cccnc3n2)C1. The highest BCUT2D eigenvalue weighted by molar-refractivity contribution is 5.92. The molecule has 1 saturated heterocycles. The molecule has 2 aromatic heterocycles. The molecule has 0 radical (unpaired) electrons. The van der Waals surface area contributed by atoms with Crippen LogP contribution in [0.15, 0.2) is 48.9 Å². The van der Waals surface area contributed by atoms with E-state index in [9.17, 15) is 4.79 Å². The smallest absolute Gasteiger partial charge is 0.271 e. The zero-order chi connectivity index (χ0) is 17.9. The van der Waals surface area contributed by atoms with Gasteiger partial charge in [0.15, 0.2) is 0 Å². The lowest BCUT2D eigenvalue weighted by Gasteiger charge is -2.17. The Labute approximate surface area is 152 Å². The van der Waals surface area contributed by atoms with Gasteiger partial charge in [0.1, 0.15) is 5.69 Å². The lowest BCUT2D eigenvalue weighted by atomic mass is 9.94. The molecule has 3 aromatic rings. The number of aryl methyl sites for hydroxylation is 1. The summed E-state index contributed by atoms with van der Waals surface area (Å²) in [7, 11) is 0. The predicted octanol–water partition coefficient (Wildman–Crippen LogP) is 2.26. The summed E-state index contributed by atoms with van der Waals surface area (Å²) in [6, 6.07) is 10.4. The molecule has 4 rings (SSSR count). The van der Waals surface area contributed by atoms with E-state index in [0.717, 1.165) is 19.6 Å². The van der Waals surface area contributed by atoms with Gasteiger partial charge in [-0.25, -0.2) is 9.97 Å². The molecule has 0 bridgehead atoms. The van der Waals surface area contributed by atoms with Crippen molar-refractivity contribution < 1.29 is 4.79 Å². The molecule has 0 unspecified atom stereocenters. The maximum absolute atomic E-state index is 12.3. The highest BCUT2D eigenvalue weighted by Crippen LogP contribution is 2.28. The van der Waals surface area contributed by atoms with Crippen LogP contribution in [0.25, 0.3) is 5.78 Å². The first-order chi connectivity index (χ1) is 12.7. The van der Waals surface area contributed by atoms with Gasteiger partial charge in [-0.2, -0.15) is 0 Å². The Morgan fingerprint density at radius 2 is 2.19 bits per heavy atom. The molecular weight excluding hydrogens is 326 g/mol. The molecular formula is C20H23N5O. The molecule has 6 nitrogen and oxygen atoms in total. The summed E-state index contributed by atoms with van der Waals surface area (Å²) in [4.78, 5) is 23.1. The van der Waals surface area contributed by atoms with Crippen molar-refractivity contribution in [3.8, 4) is 0 Å². The Morgan fingerprint density at radius 1 is 1.31 bits per heavy atom. The molecule has 0 saturated carbocycles. The molecule has 3 heterocycles. The Bertz CT molecular complexity index is 886. The largest absolute Gasteiger partial charge is 0.349 e. The highest BCUT2D eigenvalue weighted by Gasteiger charge is 2.24. The van der Waals surface area contributed by atoms with E-state index in [1.54, 1.807) is 16.8 Å². The number of benzene rings is 1. The number of carbonyl (C=O) groups excluding carboxylic acids is 1. The highest BCUT2D eigenvalue weighted by atomic mass is 16.1. The molecule has 1 atom stereocenters. The van der Waals surface area contributed by atoms with E-state index >= 15 is 0 Å². The van der Waals surface area contributed by atoms with Crippen molar-refractivity contribution in [2.45, 2.75) is 19.3 Å². The van der Waals surface area contributed by atoms with Gasteiger partial charge < -0.3 is 10.2 Å². The molecule has 1 aliphatic rings. The van der Waals surface area contributed by atoms with Crippen molar-refractivity contribution in [1.82, 2.24) is 24.6 Å². The Kier molecular flexibility index (Phi) is 4.67. The molecule has 1 aliphatic heterocycles. The second-order valence-corrected chi connectivity index (χ2v) is 6.85. The van der Waals surface area contributed by atoms with Gasteiger partial charge in [-0.05, 0) is 43.0 Å². The van der Waals surface area contributed by atoms with Crippen molar-refractivity contribution in [2.24, 2.45) is 0 Å². The van der Waals surface area contributed by atoms with E-state index in [0.29, 0.717) is 23.9 Å². The average molecular weight is 349 g/mol. The first-order valence-corrected chi connectivity index (χ1v) is 9.06. The van der Waals surface area contributed by atoms with Crippen LogP contribution in [0.1, 0.15) is 34.0 Å². The van der Waals surface area contributed by atoms with Gasteiger partial charge in [-0.1, -0.05) is 24.3 Å². The second kappa shape index (κ2) is 7.25.